The van der Waals surface area contributed by atoms with Gasteiger partial charge in [0, 0.05) is 11.1 Å². The summed E-state index contributed by atoms with van der Waals surface area (Å²) in [4.78, 5) is 23.4. The van der Waals surface area contributed by atoms with Gasteiger partial charge in [-0.25, -0.2) is 5.43 Å². The lowest BCUT2D eigenvalue weighted by atomic mass is 10.1. The predicted molar refractivity (Wildman–Crippen MR) is 87.4 cm³/mol. The van der Waals surface area contributed by atoms with Gasteiger partial charge < -0.3 is 10.4 Å². The Morgan fingerprint density at radius 2 is 1.83 bits per heavy atom. The number of para-hydroxylation sites is 1. The summed E-state index contributed by atoms with van der Waals surface area (Å²) in [5.74, 6) is -0.722. The van der Waals surface area contributed by atoms with E-state index in [9.17, 15) is 14.7 Å². The van der Waals surface area contributed by atoms with Crippen molar-refractivity contribution in [1.82, 2.24) is 10.7 Å². The molecule has 0 fully saturated rings. The summed E-state index contributed by atoms with van der Waals surface area (Å²) < 4.78 is 0. The van der Waals surface area contributed by atoms with Crippen molar-refractivity contribution < 1.29 is 14.7 Å². The third-order valence-corrected chi connectivity index (χ3v) is 3.05. The molecular weight excluding hydrogens is 294 g/mol. The molecule has 23 heavy (non-hydrogen) atoms. The third kappa shape index (κ3) is 4.96. The number of nitrogens with one attached hydrogen (secondary N) is 2. The summed E-state index contributed by atoms with van der Waals surface area (Å²) in [5.41, 5.74) is 4.30. The van der Waals surface area contributed by atoms with Crippen LogP contribution in [0.4, 0.5) is 0 Å². The second kappa shape index (κ2) is 7.74. The highest BCUT2D eigenvalue weighted by Gasteiger charge is 2.07. The number of phenolic OH excluding ortho intramolecular Hbond substituents is 1. The summed E-state index contributed by atoms with van der Waals surface area (Å²) in [6.45, 7) is 1.74. The van der Waals surface area contributed by atoms with E-state index in [2.05, 4.69) is 15.8 Å². The number of hydrogen-bond acceptors (Lipinski definition) is 4. The highest BCUT2D eigenvalue weighted by Crippen LogP contribution is 2.12. The minimum absolute atomic E-state index is 0.0678. The molecule has 0 atom stereocenters. The Labute approximate surface area is 133 Å². The Morgan fingerprint density at radius 1 is 1.13 bits per heavy atom. The van der Waals surface area contributed by atoms with Crippen molar-refractivity contribution in [1.29, 1.82) is 0 Å². The van der Waals surface area contributed by atoms with Crippen molar-refractivity contribution in [2.24, 2.45) is 5.10 Å². The smallest absolute Gasteiger partial charge is 0.259 e. The van der Waals surface area contributed by atoms with Crippen LogP contribution in [0.3, 0.4) is 0 Å². The Kier molecular flexibility index (Phi) is 5.46. The highest BCUT2D eigenvalue weighted by molar-refractivity contribution is 5.96. The van der Waals surface area contributed by atoms with Gasteiger partial charge in [0.25, 0.3) is 11.8 Å². The molecule has 0 heterocycles. The molecule has 0 bridgehead atoms. The molecule has 6 heteroatoms. The maximum Gasteiger partial charge on any atom is 0.259 e. The van der Waals surface area contributed by atoms with E-state index in [1.54, 1.807) is 30.3 Å². The average molecular weight is 311 g/mol. The fraction of sp³-hybridized carbons (Fsp3) is 0.118. The molecule has 0 saturated carbocycles. The highest BCUT2D eigenvalue weighted by atomic mass is 16.3. The third-order valence-electron chi connectivity index (χ3n) is 3.05. The zero-order valence-corrected chi connectivity index (χ0v) is 12.6. The zero-order chi connectivity index (χ0) is 16.7. The number of amides is 2. The van der Waals surface area contributed by atoms with Crippen molar-refractivity contribution >= 4 is 18.0 Å². The number of carbonyl (C=O) groups is 2. The molecule has 0 spiro atoms. The molecule has 3 N–H and O–H groups in total. The second-order valence-corrected chi connectivity index (χ2v) is 4.90. The molecule has 2 aromatic rings. The number of nitrogens with zero attached hydrogens (tertiary/aromatic N) is 1. The van der Waals surface area contributed by atoms with E-state index >= 15 is 0 Å². The first-order valence-electron chi connectivity index (χ1n) is 7.01. The summed E-state index contributed by atoms with van der Waals surface area (Å²) in [5, 5.41) is 15.8. The lowest BCUT2D eigenvalue weighted by Gasteiger charge is -2.04. The van der Waals surface area contributed by atoms with Crippen LogP contribution >= 0.6 is 0 Å². The van der Waals surface area contributed by atoms with Crippen molar-refractivity contribution in [3.63, 3.8) is 0 Å². The quantitative estimate of drug-likeness (QED) is 0.578. The summed E-state index contributed by atoms with van der Waals surface area (Å²) in [7, 11) is 0. The number of hydrogen-bond donors (Lipinski definition) is 3. The molecule has 0 radical (unpaired) electrons. The standard InChI is InChI=1S/C17H17N3O3/c1-12-6-8-13(9-7-12)17(23)18-11-16(22)20-19-10-14-4-2-3-5-15(14)21/h2-10,21H,11H2,1H3,(H,18,23)(H,20,22)/b19-10+. The van der Waals surface area contributed by atoms with Gasteiger partial charge in [0.2, 0.25) is 0 Å². The molecule has 0 aromatic heterocycles. The van der Waals surface area contributed by atoms with E-state index in [1.807, 2.05) is 19.1 Å². The topological polar surface area (TPSA) is 90.8 Å². The van der Waals surface area contributed by atoms with Crippen LogP contribution in [0.15, 0.2) is 53.6 Å². The molecule has 2 aromatic carbocycles. The summed E-state index contributed by atoms with van der Waals surface area (Å²) >= 11 is 0. The van der Waals surface area contributed by atoms with Crippen LogP contribution in [0.25, 0.3) is 0 Å². The van der Waals surface area contributed by atoms with E-state index in [1.165, 1.54) is 12.3 Å². The van der Waals surface area contributed by atoms with Gasteiger partial charge in [-0.2, -0.15) is 5.10 Å². The van der Waals surface area contributed by atoms with E-state index < -0.39 is 5.91 Å². The normalized spacial score (nSPS) is 10.5. The average Bonchev–Trinajstić information content (AvgIpc) is 2.55. The van der Waals surface area contributed by atoms with Crippen LogP contribution in [0.5, 0.6) is 5.75 Å². The predicted octanol–water partition coefficient (Wildman–Crippen LogP) is 1.58. The molecule has 118 valence electrons. The minimum Gasteiger partial charge on any atom is -0.507 e. The molecule has 0 aliphatic carbocycles. The first-order chi connectivity index (χ1) is 11.1. The molecular formula is C17H17N3O3. The van der Waals surface area contributed by atoms with Gasteiger partial charge in [0.15, 0.2) is 0 Å². The Bertz CT molecular complexity index is 724. The van der Waals surface area contributed by atoms with Crippen molar-refractivity contribution in [2.45, 2.75) is 6.92 Å². The van der Waals surface area contributed by atoms with E-state index in [4.69, 9.17) is 0 Å². The van der Waals surface area contributed by atoms with Crippen LogP contribution in [0, 0.1) is 6.92 Å². The van der Waals surface area contributed by atoms with Gasteiger partial charge in [-0.15, -0.1) is 0 Å². The maximum atomic E-state index is 11.8. The Balaban J connectivity index is 1.80. The SMILES string of the molecule is Cc1ccc(C(=O)NCC(=O)N/N=C/c2ccccc2O)cc1. The Morgan fingerprint density at radius 3 is 2.52 bits per heavy atom. The van der Waals surface area contributed by atoms with Crippen LogP contribution < -0.4 is 10.7 Å². The molecule has 0 saturated heterocycles. The van der Waals surface area contributed by atoms with Gasteiger partial charge >= 0.3 is 0 Å². The molecule has 0 aliphatic rings. The van der Waals surface area contributed by atoms with Gasteiger partial charge in [-0.3, -0.25) is 9.59 Å². The van der Waals surface area contributed by atoms with Crippen molar-refractivity contribution in [2.75, 3.05) is 6.54 Å². The lowest BCUT2D eigenvalue weighted by molar-refractivity contribution is -0.120. The number of aryl methyl sites for hydroxylation is 1. The fourth-order valence-electron chi connectivity index (χ4n) is 1.78. The number of phenols is 1. The first kappa shape index (κ1) is 16.2. The molecule has 0 aliphatic heterocycles. The monoisotopic (exact) mass is 311 g/mol. The van der Waals surface area contributed by atoms with E-state index in [0.717, 1.165) is 5.56 Å². The minimum atomic E-state index is -0.461. The largest absolute Gasteiger partial charge is 0.507 e. The summed E-state index contributed by atoms with van der Waals surface area (Å²) in [6, 6.07) is 13.6. The van der Waals surface area contributed by atoms with Crippen molar-refractivity contribution in [3.8, 4) is 5.75 Å². The number of benzene rings is 2. The second-order valence-electron chi connectivity index (χ2n) is 4.90. The maximum absolute atomic E-state index is 11.8. The van der Waals surface area contributed by atoms with Gasteiger partial charge in [-0.05, 0) is 31.2 Å². The lowest BCUT2D eigenvalue weighted by Crippen LogP contribution is -2.34. The van der Waals surface area contributed by atoms with Crippen LogP contribution in [0.1, 0.15) is 21.5 Å². The Hall–Kier alpha value is -3.15. The van der Waals surface area contributed by atoms with Crippen molar-refractivity contribution in [3.05, 3.63) is 65.2 Å². The van der Waals surface area contributed by atoms with Gasteiger partial charge in [-0.1, -0.05) is 29.8 Å². The number of hydrazone groups is 1. The molecule has 0 unspecified atom stereocenters. The van der Waals surface area contributed by atoms with Crippen LogP contribution in [0.2, 0.25) is 0 Å². The van der Waals surface area contributed by atoms with Crippen LogP contribution in [-0.2, 0) is 4.79 Å². The molecule has 2 amide bonds. The van der Waals surface area contributed by atoms with Crippen LogP contribution in [-0.4, -0.2) is 29.7 Å². The number of carbonyl (C=O) groups excluding carboxylic acids is 2. The zero-order valence-electron chi connectivity index (χ0n) is 12.6. The molecule has 2 rings (SSSR count). The summed E-state index contributed by atoms with van der Waals surface area (Å²) in [6.07, 6.45) is 1.33. The first-order valence-corrected chi connectivity index (χ1v) is 7.01. The van der Waals surface area contributed by atoms with Gasteiger partial charge in [0.05, 0.1) is 12.8 Å². The number of aromatic hydroxyl groups is 1. The van der Waals surface area contributed by atoms with E-state index in [0.29, 0.717) is 11.1 Å². The fourth-order valence-corrected chi connectivity index (χ4v) is 1.78. The number of rotatable bonds is 5. The van der Waals surface area contributed by atoms with Gasteiger partial charge in [0.1, 0.15) is 5.75 Å². The molecule has 6 nitrogen and oxygen atoms in total. The van der Waals surface area contributed by atoms with E-state index in [-0.39, 0.29) is 18.2 Å².